The molecule has 1 heterocycles. The Morgan fingerprint density at radius 2 is 1.72 bits per heavy atom. The summed E-state index contributed by atoms with van der Waals surface area (Å²) < 4.78 is 0. The predicted molar refractivity (Wildman–Crippen MR) is 96.0 cm³/mol. The van der Waals surface area contributed by atoms with E-state index in [0.717, 1.165) is 5.56 Å². The van der Waals surface area contributed by atoms with Crippen molar-refractivity contribution >= 4 is 17.7 Å². The first kappa shape index (κ1) is 19.0. The van der Waals surface area contributed by atoms with Crippen molar-refractivity contribution in [2.75, 3.05) is 32.7 Å². The van der Waals surface area contributed by atoms with Crippen LogP contribution in [0, 0.1) is 6.92 Å². The summed E-state index contributed by atoms with van der Waals surface area (Å²) in [5, 5.41) is 2.81. The number of carbonyl (C=O) groups is 3. The molecule has 1 aliphatic rings. The lowest BCUT2D eigenvalue weighted by molar-refractivity contribution is -0.138. The standard InChI is InChI=1S/C19H27N3O3/c1-15-4-3-5-17(14-15)6-7-18(24)20-9-8-19(25)22-12-10-21(11-13-22)16(2)23/h3-5,14H,6-13H2,1-2H3,(H,20,24). The number of amides is 3. The fourth-order valence-electron chi connectivity index (χ4n) is 2.95. The fraction of sp³-hybridized carbons (Fsp3) is 0.526. The first-order chi connectivity index (χ1) is 12.0. The zero-order valence-corrected chi connectivity index (χ0v) is 15.1. The van der Waals surface area contributed by atoms with Gasteiger partial charge in [-0.25, -0.2) is 0 Å². The van der Waals surface area contributed by atoms with Crippen LogP contribution in [0.1, 0.15) is 30.9 Å². The number of carbonyl (C=O) groups excluding carboxylic acids is 3. The summed E-state index contributed by atoms with van der Waals surface area (Å²) in [6.07, 6.45) is 1.43. The molecule has 2 rings (SSSR count). The topological polar surface area (TPSA) is 69.7 Å². The molecule has 1 fully saturated rings. The van der Waals surface area contributed by atoms with E-state index in [-0.39, 0.29) is 17.7 Å². The third-order valence-electron chi connectivity index (χ3n) is 4.46. The molecule has 0 radical (unpaired) electrons. The van der Waals surface area contributed by atoms with E-state index < -0.39 is 0 Å². The van der Waals surface area contributed by atoms with E-state index in [9.17, 15) is 14.4 Å². The molecule has 3 amide bonds. The molecular formula is C19H27N3O3. The van der Waals surface area contributed by atoms with Crippen molar-refractivity contribution in [2.45, 2.75) is 33.1 Å². The molecule has 0 saturated carbocycles. The summed E-state index contributed by atoms with van der Waals surface area (Å²) in [7, 11) is 0. The molecule has 1 aromatic carbocycles. The summed E-state index contributed by atoms with van der Waals surface area (Å²) >= 11 is 0. The van der Waals surface area contributed by atoms with Gasteiger partial charge in [0, 0.05) is 52.5 Å². The summed E-state index contributed by atoms with van der Waals surface area (Å²) in [5.41, 5.74) is 2.34. The molecule has 1 N–H and O–H groups in total. The van der Waals surface area contributed by atoms with Crippen molar-refractivity contribution < 1.29 is 14.4 Å². The van der Waals surface area contributed by atoms with E-state index in [1.807, 2.05) is 25.1 Å². The minimum Gasteiger partial charge on any atom is -0.356 e. The predicted octanol–water partition coefficient (Wildman–Crippen LogP) is 1.12. The first-order valence-electron chi connectivity index (χ1n) is 8.81. The lowest BCUT2D eigenvalue weighted by atomic mass is 10.1. The van der Waals surface area contributed by atoms with Gasteiger partial charge >= 0.3 is 0 Å². The van der Waals surface area contributed by atoms with Gasteiger partial charge in [0.05, 0.1) is 0 Å². The Bertz CT molecular complexity index is 622. The Kier molecular flexibility index (Phi) is 6.98. The van der Waals surface area contributed by atoms with Gasteiger partial charge in [0.2, 0.25) is 17.7 Å². The van der Waals surface area contributed by atoms with Crippen molar-refractivity contribution in [1.29, 1.82) is 0 Å². The highest BCUT2D eigenvalue weighted by Gasteiger charge is 2.21. The van der Waals surface area contributed by atoms with Crippen molar-refractivity contribution in [3.63, 3.8) is 0 Å². The maximum absolute atomic E-state index is 12.1. The molecule has 0 spiro atoms. The Morgan fingerprint density at radius 3 is 2.36 bits per heavy atom. The highest BCUT2D eigenvalue weighted by molar-refractivity contribution is 5.79. The number of benzene rings is 1. The number of hydrogen-bond donors (Lipinski definition) is 1. The molecule has 6 nitrogen and oxygen atoms in total. The smallest absolute Gasteiger partial charge is 0.224 e. The monoisotopic (exact) mass is 345 g/mol. The quantitative estimate of drug-likeness (QED) is 0.840. The number of hydrogen-bond acceptors (Lipinski definition) is 3. The minimum atomic E-state index is -0.0318. The zero-order valence-electron chi connectivity index (χ0n) is 15.1. The molecule has 136 valence electrons. The molecule has 0 unspecified atom stereocenters. The zero-order chi connectivity index (χ0) is 18.2. The van der Waals surface area contributed by atoms with E-state index in [0.29, 0.717) is 52.0 Å². The maximum atomic E-state index is 12.1. The van der Waals surface area contributed by atoms with E-state index in [1.165, 1.54) is 5.56 Å². The van der Waals surface area contributed by atoms with Crippen LogP contribution < -0.4 is 5.32 Å². The van der Waals surface area contributed by atoms with Crippen molar-refractivity contribution in [1.82, 2.24) is 15.1 Å². The van der Waals surface area contributed by atoms with Crippen molar-refractivity contribution in [2.24, 2.45) is 0 Å². The van der Waals surface area contributed by atoms with E-state index in [4.69, 9.17) is 0 Å². The number of rotatable bonds is 6. The van der Waals surface area contributed by atoms with Gasteiger partial charge in [-0.1, -0.05) is 29.8 Å². The molecule has 1 aliphatic heterocycles. The second-order valence-corrected chi connectivity index (χ2v) is 6.48. The summed E-state index contributed by atoms with van der Waals surface area (Å²) in [5.74, 6) is 0.0471. The second-order valence-electron chi connectivity index (χ2n) is 6.48. The summed E-state index contributed by atoms with van der Waals surface area (Å²) in [6, 6.07) is 8.13. The van der Waals surface area contributed by atoms with Gasteiger partial charge in [0.25, 0.3) is 0 Å². The number of nitrogens with zero attached hydrogens (tertiary/aromatic N) is 2. The Balaban J connectivity index is 1.62. The highest BCUT2D eigenvalue weighted by Crippen LogP contribution is 2.07. The SMILES string of the molecule is CC(=O)N1CCN(C(=O)CCNC(=O)CCc2cccc(C)c2)CC1. The van der Waals surface area contributed by atoms with Gasteiger partial charge < -0.3 is 15.1 Å². The molecule has 0 bridgehead atoms. The van der Waals surface area contributed by atoms with Crippen LogP contribution in [0.5, 0.6) is 0 Å². The Hall–Kier alpha value is -2.37. The molecule has 6 heteroatoms. The largest absolute Gasteiger partial charge is 0.356 e. The maximum Gasteiger partial charge on any atom is 0.224 e. The van der Waals surface area contributed by atoms with Crippen LogP contribution in [0.4, 0.5) is 0 Å². The average Bonchev–Trinajstić information content (AvgIpc) is 2.60. The lowest BCUT2D eigenvalue weighted by Gasteiger charge is -2.34. The normalized spacial score (nSPS) is 14.3. The average molecular weight is 345 g/mol. The van der Waals surface area contributed by atoms with Gasteiger partial charge in [-0.2, -0.15) is 0 Å². The molecule has 1 aromatic rings. The number of aryl methyl sites for hydroxylation is 2. The van der Waals surface area contributed by atoms with E-state index >= 15 is 0 Å². The van der Waals surface area contributed by atoms with Gasteiger partial charge in [0.15, 0.2) is 0 Å². The molecule has 1 saturated heterocycles. The summed E-state index contributed by atoms with van der Waals surface area (Å²) in [4.78, 5) is 38.8. The molecule has 25 heavy (non-hydrogen) atoms. The third-order valence-corrected chi connectivity index (χ3v) is 4.46. The van der Waals surface area contributed by atoms with Crippen LogP contribution >= 0.6 is 0 Å². The van der Waals surface area contributed by atoms with Crippen LogP contribution in [-0.2, 0) is 20.8 Å². The van der Waals surface area contributed by atoms with E-state index in [1.54, 1.807) is 16.7 Å². The number of nitrogens with one attached hydrogen (secondary N) is 1. The molecule has 0 aliphatic carbocycles. The third kappa shape index (κ3) is 6.21. The van der Waals surface area contributed by atoms with Crippen LogP contribution in [0.2, 0.25) is 0 Å². The van der Waals surface area contributed by atoms with Gasteiger partial charge in [-0.05, 0) is 18.9 Å². The van der Waals surface area contributed by atoms with Crippen molar-refractivity contribution in [3.05, 3.63) is 35.4 Å². The van der Waals surface area contributed by atoms with E-state index in [2.05, 4.69) is 11.4 Å². The molecular weight excluding hydrogens is 318 g/mol. The van der Waals surface area contributed by atoms with Crippen molar-refractivity contribution in [3.8, 4) is 0 Å². The Morgan fingerprint density at radius 1 is 1.04 bits per heavy atom. The molecule has 0 aromatic heterocycles. The van der Waals surface area contributed by atoms with Gasteiger partial charge in [-0.15, -0.1) is 0 Å². The fourth-order valence-corrected chi connectivity index (χ4v) is 2.95. The minimum absolute atomic E-state index is 0.0298. The number of piperazine rings is 1. The first-order valence-corrected chi connectivity index (χ1v) is 8.81. The van der Waals surface area contributed by atoms with Crippen LogP contribution in [0.15, 0.2) is 24.3 Å². The highest BCUT2D eigenvalue weighted by atomic mass is 16.2. The van der Waals surface area contributed by atoms with Crippen LogP contribution in [0.3, 0.4) is 0 Å². The molecule has 0 atom stereocenters. The van der Waals surface area contributed by atoms with Crippen LogP contribution in [-0.4, -0.2) is 60.2 Å². The second kappa shape index (κ2) is 9.20. The lowest BCUT2D eigenvalue weighted by Crippen LogP contribution is -2.50. The van der Waals surface area contributed by atoms with Crippen LogP contribution in [0.25, 0.3) is 0 Å². The Labute approximate surface area is 149 Å². The summed E-state index contributed by atoms with van der Waals surface area (Å²) in [6.45, 7) is 6.25. The van der Waals surface area contributed by atoms with Gasteiger partial charge in [-0.3, -0.25) is 14.4 Å². The van der Waals surface area contributed by atoms with Gasteiger partial charge in [0.1, 0.15) is 0 Å².